The van der Waals surface area contributed by atoms with E-state index in [9.17, 15) is 18.0 Å². The molecule has 0 radical (unpaired) electrons. The molecule has 2 fully saturated rings. The largest absolute Gasteiger partial charge is 0.467 e. The Morgan fingerprint density at radius 3 is 2.50 bits per heavy atom. The zero-order valence-electron chi connectivity index (χ0n) is 9.26. The van der Waals surface area contributed by atoms with E-state index in [0.717, 1.165) is 4.90 Å². The second-order valence-corrected chi connectivity index (χ2v) is 7.22. The number of nitrogens with zero attached hydrogens (tertiary/aromatic N) is 1. The van der Waals surface area contributed by atoms with Crippen molar-refractivity contribution in [2.45, 2.75) is 36.4 Å². The third kappa shape index (κ3) is 1.04. The van der Waals surface area contributed by atoms with Gasteiger partial charge < -0.3 is 9.64 Å². The van der Waals surface area contributed by atoms with Gasteiger partial charge in [0.15, 0.2) is 9.84 Å². The third-order valence-electron chi connectivity index (χ3n) is 3.40. The van der Waals surface area contributed by atoms with Gasteiger partial charge in [-0.2, -0.15) is 0 Å². The topological polar surface area (TPSA) is 80.8 Å². The minimum Gasteiger partial charge on any atom is -0.467 e. The number of rotatable bonds is 1. The summed E-state index contributed by atoms with van der Waals surface area (Å²) in [5.41, 5.74) is 0. The van der Waals surface area contributed by atoms with Crippen molar-refractivity contribution in [1.82, 2.24) is 4.90 Å². The molecule has 0 aromatic heterocycles. The Kier molecular flexibility index (Phi) is 2.11. The van der Waals surface area contributed by atoms with Crippen LogP contribution in [-0.2, 0) is 24.2 Å². The lowest BCUT2D eigenvalue weighted by molar-refractivity contribution is -0.159. The van der Waals surface area contributed by atoms with Crippen LogP contribution in [0.4, 0.5) is 0 Å². The predicted octanol–water partition coefficient (Wildman–Crippen LogP) is -0.707. The van der Waals surface area contributed by atoms with Gasteiger partial charge >= 0.3 is 5.97 Å². The molecular weight excluding hydrogens is 234 g/mol. The van der Waals surface area contributed by atoms with Crippen LogP contribution in [0.2, 0.25) is 0 Å². The number of amides is 1. The second kappa shape index (κ2) is 2.97. The fraction of sp³-hybridized carbons (Fsp3) is 0.778. The number of hydrogen-bond acceptors (Lipinski definition) is 5. The van der Waals surface area contributed by atoms with Crippen LogP contribution in [0, 0.1) is 0 Å². The molecule has 2 heterocycles. The van der Waals surface area contributed by atoms with E-state index in [4.69, 9.17) is 0 Å². The van der Waals surface area contributed by atoms with Crippen LogP contribution >= 0.6 is 0 Å². The summed E-state index contributed by atoms with van der Waals surface area (Å²) in [5.74, 6) is -0.987. The van der Waals surface area contributed by atoms with Gasteiger partial charge in [-0.3, -0.25) is 4.79 Å². The smallest absolute Gasteiger partial charge is 0.330 e. The van der Waals surface area contributed by atoms with E-state index in [2.05, 4.69) is 4.74 Å². The lowest BCUT2D eigenvalue weighted by atomic mass is 9.98. The number of hydrogen-bond donors (Lipinski definition) is 0. The molecule has 6 nitrogen and oxygen atoms in total. The molecule has 2 aliphatic rings. The number of ether oxygens (including phenoxy) is 1. The number of carbonyl (C=O) groups is 2. The summed E-state index contributed by atoms with van der Waals surface area (Å²) in [5, 5.41) is -0.848. The highest BCUT2D eigenvalue weighted by Crippen LogP contribution is 2.45. The molecule has 0 aromatic carbocycles. The molecule has 16 heavy (non-hydrogen) atoms. The van der Waals surface area contributed by atoms with Crippen molar-refractivity contribution in [3.8, 4) is 0 Å². The first-order valence-electron chi connectivity index (χ1n) is 4.87. The summed E-state index contributed by atoms with van der Waals surface area (Å²) in [6, 6.07) is -1.02. The highest BCUT2D eigenvalue weighted by molar-refractivity contribution is 7.93. The SMILES string of the molecule is COC(=O)[C@@H]1N2C(=O)C[C@H]2S(=O)(=O)C1(C)C. The molecule has 2 saturated heterocycles. The van der Waals surface area contributed by atoms with Gasteiger partial charge in [0, 0.05) is 0 Å². The Hall–Kier alpha value is -1.11. The quantitative estimate of drug-likeness (QED) is 0.452. The summed E-state index contributed by atoms with van der Waals surface area (Å²) < 4.78 is 27.4. The standard InChI is InChI=1S/C9H13NO5S/c1-9(2)7(8(12)15-3)10-5(11)4-6(10)16(9,13)14/h6-7H,4H2,1-3H3/t6-,7+/m1/s1. The van der Waals surface area contributed by atoms with Crippen LogP contribution in [0.1, 0.15) is 20.3 Å². The fourth-order valence-electron chi connectivity index (χ4n) is 2.32. The monoisotopic (exact) mass is 247 g/mol. The van der Waals surface area contributed by atoms with Crippen LogP contribution in [0.15, 0.2) is 0 Å². The maximum absolute atomic E-state index is 12.1. The molecule has 2 atom stereocenters. The molecule has 2 aliphatic heterocycles. The van der Waals surface area contributed by atoms with Gasteiger partial charge in [-0.1, -0.05) is 0 Å². The molecule has 2 rings (SSSR count). The fourth-order valence-corrected chi connectivity index (χ4v) is 4.44. The number of esters is 1. The average Bonchev–Trinajstić information content (AvgIpc) is 2.31. The molecule has 90 valence electrons. The second-order valence-electron chi connectivity index (χ2n) is 4.53. The van der Waals surface area contributed by atoms with Gasteiger partial charge in [0.25, 0.3) is 0 Å². The minimum absolute atomic E-state index is 0.0285. The van der Waals surface area contributed by atoms with Crippen LogP contribution in [-0.4, -0.2) is 48.5 Å². The van der Waals surface area contributed by atoms with Crippen molar-refractivity contribution in [1.29, 1.82) is 0 Å². The molecule has 0 unspecified atom stereocenters. The van der Waals surface area contributed by atoms with Gasteiger partial charge in [0.2, 0.25) is 5.91 Å². The van der Waals surface area contributed by atoms with E-state index >= 15 is 0 Å². The van der Waals surface area contributed by atoms with Crippen LogP contribution < -0.4 is 0 Å². The maximum Gasteiger partial charge on any atom is 0.330 e. The Morgan fingerprint density at radius 2 is 2.06 bits per heavy atom. The first kappa shape index (κ1) is 11.4. The Balaban J connectivity index is 2.52. The molecular formula is C9H13NO5S. The van der Waals surface area contributed by atoms with Crippen LogP contribution in [0.5, 0.6) is 0 Å². The van der Waals surface area contributed by atoms with Gasteiger partial charge in [-0.05, 0) is 13.8 Å². The number of sulfone groups is 1. The van der Waals surface area contributed by atoms with E-state index in [0.29, 0.717) is 0 Å². The normalized spacial score (nSPS) is 34.2. The first-order chi connectivity index (χ1) is 7.25. The lowest BCUT2D eigenvalue weighted by Gasteiger charge is -2.35. The Morgan fingerprint density at radius 1 is 1.50 bits per heavy atom. The van der Waals surface area contributed by atoms with Crippen molar-refractivity contribution in [3.63, 3.8) is 0 Å². The van der Waals surface area contributed by atoms with E-state index < -0.39 is 32.0 Å². The summed E-state index contributed by atoms with van der Waals surface area (Å²) in [4.78, 5) is 24.1. The first-order valence-corrected chi connectivity index (χ1v) is 6.42. The zero-order chi connectivity index (χ0) is 12.3. The molecule has 7 heteroatoms. The van der Waals surface area contributed by atoms with Crippen molar-refractivity contribution in [2.75, 3.05) is 7.11 Å². The number of β-lactam (4-membered cyclic amide) rings is 1. The van der Waals surface area contributed by atoms with Crippen LogP contribution in [0.3, 0.4) is 0 Å². The highest BCUT2D eigenvalue weighted by Gasteiger charge is 2.68. The number of fused-ring (bicyclic) bond motifs is 1. The predicted molar refractivity (Wildman–Crippen MR) is 54.1 cm³/mol. The summed E-state index contributed by atoms with van der Waals surface area (Å²) in [6.07, 6.45) is -0.0285. The highest BCUT2D eigenvalue weighted by atomic mass is 32.2. The Labute approximate surface area is 93.5 Å². The van der Waals surface area contributed by atoms with Crippen molar-refractivity contribution < 1.29 is 22.7 Å². The molecule has 0 spiro atoms. The average molecular weight is 247 g/mol. The molecule has 0 N–H and O–H groups in total. The minimum atomic E-state index is -3.50. The Bertz CT molecular complexity index is 466. The van der Waals surface area contributed by atoms with Gasteiger partial charge in [-0.25, -0.2) is 13.2 Å². The summed E-state index contributed by atoms with van der Waals surface area (Å²) >= 11 is 0. The van der Waals surface area contributed by atoms with Gasteiger partial charge in [0.05, 0.1) is 18.3 Å². The van der Waals surface area contributed by atoms with E-state index in [1.54, 1.807) is 0 Å². The van der Waals surface area contributed by atoms with Gasteiger partial charge in [-0.15, -0.1) is 0 Å². The zero-order valence-corrected chi connectivity index (χ0v) is 10.1. The van der Waals surface area contributed by atoms with Crippen molar-refractivity contribution in [2.24, 2.45) is 0 Å². The van der Waals surface area contributed by atoms with E-state index in [-0.39, 0.29) is 12.3 Å². The summed E-state index contributed by atoms with van der Waals surface area (Å²) in [7, 11) is -2.32. The number of methoxy groups -OCH3 is 1. The van der Waals surface area contributed by atoms with Gasteiger partial charge in [0.1, 0.15) is 11.4 Å². The molecule has 1 amide bonds. The molecule has 0 saturated carbocycles. The summed E-state index contributed by atoms with van der Waals surface area (Å²) in [6.45, 7) is 2.91. The van der Waals surface area contributed by atoms with Crippen molar-refractivity contribution in [3.05, 3.63) is 0 Å². The lowest BCUT2D eigenvalue weighted by Crippen LogP contribution is -2.57. The van der Waals surface area contributed by atoms with E-state index in [1.807, 2.05) is 0 Å². The molecule has 0 bridgehead atoms. The van der Waals surface area contributed by atoms with Crippen LogP contribution in [0.25, 0.3) is 0 Å². The maximum atomic E-state index is 12.1. The molecule has 0 aliphatic carbocycles. The third-order valence-corrected chi connectivity index (χ3v) is 6.20. The van der Waals surface area contributed by atoms with Crippen molar-refractivity contribution >= 4 is 21.7 Å². The molecule has 0 aromatic rings. The number of carbonyl (C=O) groups excluding carboxylic acids is 2. The van der Waals surface area contributed by atoms with E-state index in [1.165, 1.54) is 21.0 Å².